The third kappa shape index (κ3) is 5.27. The molecule has 1 fully saturated rings. The lowest BCUT2D eigenvalue weighted by molar-refractivity contribution is -0.397. The average Bonchev–Trinajstić information content (AvgIpc) is 3.02. The van der Waals surface area contributed by atoms with Gasteiger partial charge in [-0.05, 0) is 36.8 Å². The van der Waals surface area contributed by atoms with Crippen LogP contribution >= 0.6 is 0 Å². The lowest BCUT2D eigenvalue weighted by atomic mass is 9.96. The van der Waals surface area contributed by atoms with Gasteiger partial charge < -0.3 is 25.4 Å². The van der Waals surface area contributed by atoms with Crippen molar-refractivity contribution in [1.82, 2.24) is 19.8 Å². The van der Waals surface area contributed by atoms with Gasteiger partial charge in [-0.1, -0.05) is 11.9 Å². The Morgan fingerprint density at radius 3 is 2.83 bits per heavy atom. The highest BCUT2D eigenvalue weighted by Crippen LogP contribution is 2.17. The molecule has 0 saturated carbocycles. The summed E-state index contributed by atoms with van der Waals surface area (Å²) < 4.78 is 1.36. The number of hydrogen-bond donors (Lipinski definition) is 2. The number of carbonyl (C=O) groups excluding carboxylic acids is 1. The molecule has 2 rings (SSSR count). The Balaban J connectivity index is 1.72. The number of hydrogen-bond acceptors (Lipinski definition) is 6. The van der Waals surface area contributed by atoms with Crippen molar-refractivity contribution < 1.29 is 14.8 Å². The van der Waals surface area contributed by atoms with E-state index in [9.17, 15) is 20.0 Å². The van der Waals surface area contributed by atoms with Gasteiger partial charge in [-0.15, -0.1) is 0 Å². The summed E-state index contributed by atoms with van der Waals surface area (Å²) in [5.41, 5.74) is 0. The van der Waals surface area contributed by atoms with E-state index >= 15 is 0 Å². The van der Waals surface area contributed by atoms with Crippen molar-refractivity contribution in [2.75, 3.05) is 26.2 Å². The molecule has 1 aromatic heterocycles. The molecule has 9 heteroatoms. The number of amides is 1. The van der Waals surface area contributed by atoms with Crippen molar-refractivity contribution in [2.45, 2.75) is 38.8 Å². The van der Waals surface area contributed by atoms with Gasteiger partial charge >= 0.3 is 5.95 Å². The van der Waals surface area contributed by atoms with E-state index in [-0.39, 0.29) is 18.4 Å². The van der Waals surface area contributed by atoms with Crippen LogP contribution in [-0.2, 0) is 11.3 Å². The molecule has 0 spiro atoms. The Morgan fingerprint density at radius 2 is 2.21 bits per heavy atom. The normalized spacial score (nSPS) is 17.6. The lowest BCUT2D eigenvalue weighted by Gasteiger charge is -2.33. The van der Waals surface area contributed by atoms with Crippen LogP contribution in [0.15, 0.2) is 12.4 Å². The molecule has 134 valence electrons. The molecule has 0 radical (unpaired) electrons. The van der Waals surface area contributed by atoms with Crippen molar-refractivity contribution >= 4 is 11.9 Å². The van der Waals surface area contributed by atoms with Crippen LogP contribution in [0.4, 0.5) is 5.95 Å². The van der Waals surface area contributed by atoms with Crippen LogP contribution in [-0.4, -0.2) is 62.7 Å². The largest absolute Gasteiger partial charge is 0.434 e. The number of aliphatic hydroxyl groups excluding tert-OH is 1. The number of β-amino-alcohol motifs (C(OH)–C–C–N with tert-alkyl or cyclic N) is 1. The topological polar surface area (TPSA) is 114 Å². The van der Waals surface area contributed by atoms with Gasteiger partial charge in [-0.2, -0.15) is 0 Å². The van der Waals surface area contributed by atoms with Gasteiger partial charge in [-0.3, -0.25) is 4.79 Å². The summed E-state index contributed by atoms with van der Waals surface area (Å²) in [6.45, 7) is 4.89. The number of nitro groups is 1. The molecule has 1 saturated heterocycles. The van der Waals surface area contributed by atoms with Gasteiger partial charge in [0, 0.05) is 19.5 Å². The highest BCUT2D eigenvalue weighted by molar-refractivity contribution is 5.75. The molecule has 1 aliphatic rings. The van der Waals surface area contributed by atoms with E-state index in [1.54, 1.807) is 0 Å². The Morgan fingerprint density at radius 1 is 1.50 bits per heavy atom. The Labute approximate surface area is 140 Å². The zero-order valence-electron chi connectivity index (χ0n) is 13.9. The number of aromatic nitrogens is 2. The molecular formula is C15H25N5O4. The minimum absolute atomic E-state index is 0.0785. The number of rotatable bonds is 8. The Bertz CT molecular complexity index is 554. The van der Waals surface area contributed by atoms with Crippen molar-refractivity contribution in [2.24, 2.45) is 5.92 Å². The van der Waals surface area contributed by atoms with Gasteiger partial charge in [0.15, 0.2) is 0 Å². The molecule has 1 aliphatic heterocycles. The van der Waals surface area contributed by atoms with Gasteiger partial charge in [0.1, 0.15) is 12.4 Å². The molecule has 0 aliphatic carbocycles. The fraction of sp³-hybridized carbons (Fsp3) is 0.733. The summed E-state index contributed by atoms with van der Waals surface area (Å²) in [5, 5.41) is 23.9. The van der Waals surface area contributed by atoms with Crippen LogP contribution in [0.2, 0.25) is 0 Å². The van der Waals surface area contributed by atoms with Crippen LogP contribution in [0.25, 0.3) is 0 Å². The summed E-state index contributed by atoms with van der Waals surface area (Å²) in [6, 6.07) is 0. The number of carbonyl (C=O) groups is 1. The van der Waals surface area contributed by atoms with E-state index in [0.29, 0.717) is 25.4 Å². The first kappa shape index (κ1) is 18.3. The summed E-state index contributed by atoms with van der Waals surface area (Å²) >= 11 is 0. The first-order chi connectivity index (χ1) is 11.5. The molecule has 0 aromatic carbocycles. The van der Waals surface area contributed by atoms with E-state index in [2.05, 4.69) is 15.2 Å². The van der Waals surface area contributed by atoms with Crippen molar-refractivity contribution in [3.8, 4) is 0 Å². The summed E-state index contributed by atoms with van der Waals surface area (Å²) in [5.74, 6) is 0.304. The van der Waals surface area contributed by atoms with Gasteiger partial charge in [-0.25, -0.2) is 4.57 Å². The molecule has 1 unspecified atom stereocenters. The van der Waals surface area contributed by atoms with Crippen LogP contribution in [0.1, 0.15) is 26.2 Å². The maximum Gasteiger partial charge on any atom is 0.434 e. The molecule has 2 N–H and O–H groups in total. The molecule has 24 heavy (non-hydrogen) atoms. The maximum atomic E-state index is 11.3. The van der Waals surface area contributed by atoms with E-state index in [1.807, 2.05) is 6.92 Å². The molecule has 2 heterocycles. The highest BCUT2D eigenvalue weighted by atomic mass is 16.6. The molecule has 0 bridgehead atoms. The maximum absolute atomic E-state index is 11.3. The summed E-state index contributed by atoms with van der Waals surface area (Å²) in [7, 11) is 0. The smallest absolute Gasteiger partial charge is 0.390 e. The monoisotopic (exact) mass is 339 g/mol. The second-order valence-electron chi connectivity index (χ2n) is 6.19. The standard InChI is InChI=1S/C15H25N5O4/c1-2-14(22)17-9-12-3-6-18(7-4-12)10-13(21)11-19-8-5-16-15(19)20(23)24/h5,8,12-13,21H,2-4,6-7,9-11H2,1H3,(H,17,22). The van der Waals surface area contributed by atoms with Crippen LogP contribution in [0, 0.1) is 16.0 Å². The average molecular weight is 339 g/mol. The predicted octanol–water partition coefficient (Wildman–Crippen LogP) is 0.390. The number of likely N-dealkylation sites (tertiary alicyclic amines) is 1. The van der Waals surface area contributed by atoms with Crippen molar-refractivity contribution in [3.05, 3.63) is 22.5 Å². The second kappa shape index (κ2) is 8.74. The second-order valence-corrected chi connectivity index (χ2v) is 6.19. The SMILES string of the molecule is CCC(=O)NCC1CCN(CC(O)Cn2ccnc2[N+](=O)[O-])CC1. The quantitative estimate of drug-likeness (QED) is 0.523. The zero-order valence-corrected chi connectivity index (χ0v) is 13.9. The minimum atomic E-state index is -0.686. The molecule has 1 amide bonds. The van der Waals surface area contributed by atoms with Crippen LogP contribution in [0.3, 0.4) is 0 Å². The Hall–Kier alpha value is -2.00. The number of aliphatic hydroxyl groups is 1. The van der Waals surface area contributed by atoms with Gasteiger partial charge in [0.05, 0.1) is 12.6 Å². The van der Waals surface area contributed by atoms with E-state index < -0.39 is 11.0 Å². The van der Waals surface area contributed by atoms with Gasteiger partial charge in [0.25, 0.3) is 0 Å². The highest BCUT2D eigenvalue weighted by Gasteiger charge is 2.23. The third-order valence-corrected chi connectivity index (χ3v) is 4.35. The summed E-state index contributed by atoms with van der Waals surface area (Å²) in [4.78, 5) is 27.4. The summed E-state index contributed by atoms with van der Waals surface area (Å²) in [6.07, 6.45) is 4.63. The predicted molar refractivity (Wildman–Crippen MR) is 87.4 cm³/mol. The number of piperidine rings is 1. The molecular weight excluding hydrogens is 314 g/mol. The van der Waals surface area contributed by atoms with Crippen molar-refractivity contribution in [1.29, 1.82) is 0 Å². The zero-order chi connectivity index (χ0) is 17.5. The van der Waals surface area contributed by atoms with E-state index in [0.717, 1.165) is 25.9 Å². The first-order valence-electron chi connectivity index (χ1n) is 8.32. The fourth-order valence-corrected chi connectivity index (χ4v) is 2.95. The molecule has 9 nitrogen and oxygen atoms in total. The van der Waals surface area contributed by atoms with E-state index in [1.165, 1.54) is 17.0 Å². The van der Waals surface area contributed by atoms with Crippen molar-refractivity contribution in [3.63, 3.8) is 0 Å². The third-order valence-electron chi connectivity index (χ3n) is 4.35. The molecule has 1 aromatic rings. The molecule has 1 atom stereocenters. The van der Waals surface area contributed by atoms with Crippen LogP contribution in [0.5, 0.6) is 0 Å². The van der Waals surface area contributed by atoms with Gasteiger partial charge in [0.2, 0.25) is 5.91 Å². The lowest BCUT2D eigenvalue weighted by Crippen LogP contribution is -2.42. The van der Waals surface area contributed by atoms with E-state index in [4.69, 9.17) is 0 Å². The number of imidazole rings is 1. The van der Waals surface area contributed by atoms with Crippen LogP contribution < -0.4 is 5.32 Å². The first-order valence-corrected chi connectivity index (χ1v) is 8.32. The minimum Gasteiger partial charge on any atom is -0.390 e. The Kier molecular flexibility index (Phi) is 6.68. The number of nitrogens with one attached hydrogen (secondary N) is 1. The fourth-order valence-electron chi connectivity index (χ4n) is 2.95. The number of nitrogens with zero attached hydrogens (tertiary/aromatic N) is 4.